The van der Waals surface area contributed by atoms with Crippen molar-refractivity contribution in [3.8, 4) is 0 Å². The van der Waals surface area contributed by atoms with Gasteiger partial charge >= 0.3 is 0 Å². The molecule has 0 fully saturated rings. The molecule has 0 saturated carbocycles. The smallest absolute Gasteiger partial charge is 0.172 e. The molecule has 7 heteroatoms. The molecule has 4 rings (SSSR count). The summed E-state index contributed by atoms with van der Waals surface area (Å²) in [4.78, 5) is 2.63. The molecule has 3 nitrogen and oxygen atoms in total. The van der Waals surface area contributed by atoms with Gasteiger partial charge in [0, 0.05) is 19.6 Å². The van der Waals surface area contributed by atoms with Crippen molar-refractivity contribution < 1.29 is 14.9 Å². The highest BCUT2D eigenvalue weighted by Crippen LogP contribution is 2.64. The van der Waals surface area contributed by atoms with Crippen LogP contribution in [0.4, 0.5) is 0 Å². The number of thioether (sulfide) groups is 4. The molecule has 0 bridgehead atoms. The van der Waals surface area contributed by atoms with Crippen LogP contribution in [0.5, 0.6) is 0 Å². The molecule has 4 aromatic carbocycles. The van der Waals surface area contributed by atoms with Crippen molar-refractivity contribution in [3.05, 3.63) is 121 Å². The lowest BCUT2D eigenvalue weighted by molar-refractivity contribution is -0.0334. The van der Waals surface area contributed by atoms with E-state index >= 15 is 0 Å². The Hall–Kier alpha value is -1.84. The number of benzene rings is 4. The van der Waals surface area contributed by atoms with Gasteiger partial charge in [-0.15, -0.1) is 0 Å². The van der Waals surface area contributed by atoms with Crippen molar-refractivity contribution in [2.75, 3.05) is 13.2 Å². The third-order valence-electron chi connectivity index (χ3n) is 5.32. The molecule has 0 aromatic heterocycles. The molecule has 0 radical (unpaired) electrons. The molecule has 2 unspecified atom stereocenters. The van der Waals surface area contributed by atoms with Crippen molar-refractivity contribution >= 4 is 47.0 Å². The van der Waals surface area contributed by atoms with Crippen LogP contribution in [0.1, 0.15) is 6.92 Å². The number of hydrogen-bond acceptors (Lipinski definition) is 7. The van der Waals surface area contributed by atoms with E-state index in [0.29, 0.717) is 0 Å². The largest absolute Gasteiger partial charge is 0.394 e. The van der Waals surface area contributed by atoms with Gasteiger partial charge in [0.15, 0.2) is 8.34 Å². The van der Waals surface area contributed by atoms with E-state index in [1.807, 2.05) is 91.9 Å². The van der Waals surface area contributed by atoms with Crippen molar-refractivity contribution in [3.63, 3.8) is 0 Å². The monoisotopic (exact) mass is 566 g/mol. The van der Waals surface area contributed by atoms with Gasteiger partial charge in [0.05, 0.1) is 19.3 Å². The predicted octanol–water partition coefficient (Wildman–Crippen LogP) is 7.90. The van der Waals surface area contributed by atoms with Gasteiger partial charge in [-0.25, -0.2) is 0 Å². The third kappa shape index (κ3) is 7.83. The zero-order chi connectivity index (χ0) is 26.0. The molecule has 4 aromatic rings. The summed E-state index contributed by atoms with van der Waals surface area (Å²) in [7, 11) is 0. The average molecular weight is 567 g/mol. The van der Waals surface area contributed by atoms with Crippen LogP contribution in [0.15, 0.2) is 141 Å². The van der Waals surface area contributed by atoms with Crippen molar-refractivity contribution in [2.24, 2.45) is 0 Å². The lowest BCUT2D eigenvalue weighted by Crippen LogP contribution is -2.49. The predicted molar refractivity (Wildman–Crippen MR) is 159 cm³/mol. The van der Waals surface area contributed by atoms with Gasteiger partial charge in [0.1, 0.15) is 0 Å². The summed E-state index contributed by atoms with van der Waals surface area (Å²) in [6.45, 7) is 1.71. The first kappa shape index (κ1) is 28.2. The van der Waals surface area contributed by atoms with Crippen LogP contribution in [0.2, 0.25) is 0 Å². The molecular formula is C30H30O3S4. The molecule has 0 saturated heterocycles. The second kappa shape index (κ2) is 13.8. The van der Waals surface area contributed by atoms with Gasteiger partial charge in [-0.3, -0.25) is 0 Å². The minimum Gasteiger partial charge on any atom is -0.394 e. The maximum atomic E-state index is 12.8. The molecular weight excluding hydrogens is 537 g/mol. The summed E-state index contributed by atoms with van der Waals surface area (Å²) in [6, 6.07) is 40.4. The number of aliphatic hydroxyl groups excluding tert-OH is 1. The fourth-order valence-electron chi connectivity index (χ4n) is 3.40. The van der Waals surface area contributed by atoms with Crippen molar-refractivity contribution in [1.29, 1.82) is 0 Å². The SMILES string of the molecule is CC(CO)OCC(O)(Sc1ccccc1)C(Sc1ccccc1)(Sc1ccccc1)Sc1ccccc1. The van der Waals surface area contributed by atoms with E-state index in [2.05, 4.69) is 36.4 Å². The van der Waals surface area contributed by atoms with Crippen LogP contribution in [-0.2, 0) is 4.74 Å². The summed E-state index contributed by atoms with van der Waals surface area (Å²) < 4.78 is 5.20. The van der Waals surface area contributed by atoms with Crippen LogP contribution < -0.4 is 0 Å². The molecule has 0 heterocycles. The molecule has 0 aliphatic carbocycles. The Morgan fingerprint density at radius 2 is 0.919 bits per heavy atom. The van der Waals surface area contributed by atoms with E-state index < -0.39 is 14.4 Å². The molecule has 0 amide bonds. The molecule has 2 N–H and O–H groups in total. The number of aliphatic hydroxyl groups is 2. The molecule has 2 atom stereocenters. The Bertz CT molecular complexity index is 1100. The van der Waals surface area contributed by atoms with Crippen molar-refractivity contribution in [1.82, 2.24) is 0 Å². The van der Waals surface area contributed by atoms with E-state index in [0.717, 1.165) is 19.6 Å². The summed E-state index contributed by atoms with van der Waals surface area (Å²) in [5.74, 6) is 0. The summed E-state index contributed by atoms with van der Waals surface area (Å²) in [5, 5.41) is 22.5. The van der Waals surface area contributed by atoms with Crippen molar-refractivity contribution in [2.45, 2.75) is 41.0 Å². The molecule has 0 aliphatic rings. The molecule has 0 aliphatic heterocycles. The number of ether oxygens (including phenoxy) is 1. The van der Waals surface area contributed by atoms with E-state index in [4.69, 9.17) is 4.74 Å². The first-order chi connectivity index (χ1) is 18.0. The zero-order valence-electron chi connectivity index (χ0n) is 20.5. The first-order valence-corrected chi connectivity index (χ1v) is 15.2. The van der Waals surface area contributed by atoms with Gasteiger partial charge in [-0.05, 0) is 55.5 Å². The Labute approximate surface area is 236 Å². The van der Waals surface area contributed by atoms with E-state index in [1.54, 1.807) is 35.3 Å². The number of rotatable bonds is 13. The van der Waals surface area contributed by atoms with Crippen LogP contribution in [0.3, 0.4) is 0 Å². The standard InChI is InChI=1S/C30H30O3S4/c1-24(22-31)33-23-29(32,34-25-14-6-2-7-15-25)30(35-26-16-8-3-9-17-26,36-27-18-10-4-11-19-27)37-28-20-12-5-13-21-28/h2-21,24,31-32H,22-23H2,1H3. The summed E-state index contributed by atoms with van der Waals surface area (Å²) in [6.07, 6.45) is -0.411. The van der Waals surface area contributed by atoms with Gasteiger partial charge in [-0.2, -0.15) is 0 Å². The topological polar surface area (TPSA) is 49.7 Å². The lowest BCUT2D eigenvalue weighted by Gasteiger charge is -2.45. The highest BCUT2D eigenvalue weighted by atomic mass is 32.3. The van der Waals surface area contributed by atoms with E-state index in [-0.39, 0.29) is 13.2 Å². The second-order valence-corrected chi connectivity index (χ2v) is 14.3. The normalized spacial score (nSPS) is 14.1. The highest BCUT2D eigenvalue weighted by molar-refractivity contribution is 8.34. The quantitative estimate of drug-likeness (QED) is 0.126. The Balaban J connectivity index is 1.88. The lowest BCUT2D eigenvalue weighted by atomic mass is 10.3. The second-order valence-electron chi connectivity index (χ2n) is 8.31. The minimum absolute atomic E-state index is 0.0216. The van der Waals surface area contributed by atoms with Gasteiger partial charge < -0.3 is 14.9 Å². The Kier molecular flexibility index (Phi) is 10.5. The average Bonchev–Trinajstić information content (AvgIpc) is 2.94. The van der Waals surface area contributed by atoms with E-state index in [9.17, 15) is 10.2 Å². The van der Waals surface area contributed by atoms with Crippen LogP contribution in [-0.4, -0.2) is 37.9 Å². The van der Waals surface area contributed by atoms with E-state index in [1.165, 1.54) is 11.8 Å². The van der Waals surface area contributed by atoms with Crippen LogP contribution >= 0.6 is 47.0 Å². The fourth-order valence-corrected chi connectivity index (χ4v) is 9.79. The van der Waals surface area contributed by atoms with Gasteiger partial charge in [0.2, 0.25) is 0 Å². The molecule has 192 valence electrons. The van der Waals surface area contributed by atoms with Crippen LogP contribution in [0, 0.1) is 0 Å². The zero-order valence-corrected chi connectivity index (χ0v) is 23.7. The first-order valence-electron chi connectivity index (χ1n) is 11.9. The highest BCUT2D eigenvalue weighted by Gasteiger charge is 2.55. The van der Waals surface area contributed by atoms with Gasteiger partial charge in [0.25, 0.3) is 0 Å². The number of hydrogen-bond donors (Lipinski definition) is 2. The van der Waals surface area contributed by atoms with Gasteiger partial charge in [-0.1, -0.05) is 120 Å². The maximum Gasteiger partial charge on any atom is 0.172 e. The molecule has 0 spiro atoms. The minimum atomic E-state index is -1.42. The van der Waals surface area contributed by atoms with Crippen LogP contribution in [0.25, 0.3) is 0 Å². The fraction of sp³-hybridized carbons (Fsp3) is 0.200. The maximum absolute atomic E-state index is 12.8. The third-order valence-corrected chi connectivity index (χ3v) is 11.8. The summed E-state index contributed by atoms with van der Waals surface area (Å²) in [5.41, 5.74) is 0. The Morgan fingerprint density at radius 1 is 0.595 bits per heavy atom. The molecule has 37 heavy (non-hydrogen) atoms. The summed E-state index contributed by atoms with van der Waals surface area (Å²) >= 11 is 6.27. The Morgan fingerprint density at radius 3 is 1.24 bits per heavy atom.